The topological polar surface area (TPSA) is 102 Å². The maximum absolute atomic E-state index is 12.0. The highest BCUT2D eigenvalue weighted by atomic mass is 16.1. The van der Waals surface area contributed by atoms with Crippen molar-refractivity contribution in [3.8, 4) is 0 Å². The zero-order valence-corrected chi connectivity index (χ0v) is 10.4. The molecule has 0 saturated heterocycles. The van der Waals surface area contributed by atoms with Gasteiger partial charge in [-0.2, -0.15) is 10.2 Å². The van der Waals surface area contributed by atoms with E-state index in [1.807, 2.05) is 0 Å². The van der Waals surface area contributed by atoms with Crippen molar-refractivity contribution in [3.05, 3.63) is 23.9 Å². The first-order chi connectivity index (χ1) is 8.58. The predicted molar refractivity (Wildman–Crippen MR) is 65.9 cm³/mol. The second-order valence-electron chi connectivity index (χ2n) is 4.55. The number of carbonyl (C=O) groups excluding carboxylic acids is 1. The van der Waals surface area contributed by atoms with Crippen LogP contribution < -0.4 is 5.73 Å². The van der Waals surface area contributed by atoms with E-state index in [0.29, 0.717) is 17.3 Å². The number of nitrogens with one attached hydrogen (secondary N) is 1. The van der Waals surface area contributed by atoms with Crippen molar-refractivity contribution in [1.82, 2.24) is 25.0 Å². The van der Waals surface area contributed by atoms with Gasteiger partial charge >= 0.3 is 0 Å². The van der Waals surface area contributed by atoms with Crippen molar-refractivity contribution < 1.29 is 4.79 Å². The highest BCUT2D eigenvalue weighted by molar-refractivity contribution is 6.00. The molecule has 2 aromatic rings. The fourth-order valence-corrected chi connectivity index (χ4v) is 1.68. The number of anilines is 1. The van der Waals surface area contributed by atoms with Crippen LogP contribution in [0.4, 0.5) is 5.82 Å². The molecule has 0 aliphatic rings. The summed E-state index contributed by atoms with van der Waals surface area (Å²) in [5.41, 5.74) is 6.00. The van der Waals surface area contributed by atoms with E-state index in [1.165, 1.54) is 12.5 Å². The number of aromatic amines is 1. The van der Waals surface area contributed by atoms with E-state index in [4.69, 9.17) is 5.73 Å². The minimum atomic E-state index is -0.112. The first-order valence-electron chi connectivity index (χ1n) is 5.76. The minimum Gasteiger partial charge on any atom is -0.383 e. The van der Waals surface area contributed by atoms with E-state index < -0.39 is 0 Å². The number of ketones is 1. The molecule has 0 aliphatic carbocycles. The zero-order chi connectivity index (χ0) is 13.1. The summed E-state index contributed by atoms with van der Waals surface area (Å²) in [5.74, 6) is 1.27. The summed E-state index contributed by atoms with van der Waals surface area (Å²) in [5, 5.41) is 10.4. The number of hydrogen-bond acceptors (Lipinski definition) is 5. The van der Waals surface area contributed by atoms with Crippen LogP contribution in [0.1, 0.15) is 30.0 Å². The van der Waals surface area contributed by atoms with E-state index in [1.54, 1.807) is 4.68 Å². The Labute approximate surface area is 104 Å². The number of hydrogen-bond donors (Lipinski definition) is 2. The number of nitrogens with zero attached hydrogens (tertiary/aromatic N) is 4. The van der Waals surface area contributed by atoms with Gasteiger partial charge < -0.3 is 5.73 Å². The molecule has 0 radical (unpaired) electrons. The molecule has 0 amide bonds. The molecule has 0 spiro atoms. The van der Waals surface area contributed by atoms with Crippen LogP contribution in [-0.4, -0.2) is 30.7 Å². The monoisotopic (exact) mass is 248 g/mol. The number of nitrogen functional groups attached to an aromatic ring is 1. The fourth-order valence-electron chi connectivity index (χ4n) is 1.68. The Morgan fingerprint density at radius 1 is 1.56 bits per heavy atom. The average molecular weight is 248 g/mol. The predicted octanol–water partition coefficient (Wildman–Crippen LogP) is 0.665. The summed E-state index contributed by atoms with van der Waals surface area (Å²) in [7, 11) is 0. The van der Waals surface area contributed by atoms with Gasteiger partial charge in [0, 0.05) is 6.54 Å². The van der Waals surface area contributed by atoms with Crippen molar-refractivity contribution in [2.45, 2.75) is 26.8 Å². The number of H-pyrrole nitrogens is 1. The number of Topliss-reactive ketones (excluding diaryl/α,β-unsaturated/α-hetero) is 1. The number of nitrogens with two attached hydrogens (primary N) is 1. The third-order valence-electron chi connectivity index (χ3n) is 2.52. The molecule has 0 aliphatic heterocycles. The van der Waals surface area contributed by atoms with Crippen molar-refractivity contribution in [1.29, 1.82) is 0 Å². The van der Waals surface area contributed by atoms with Crippen LogP contribution in [0.2, 0.25) is 0 Å². The molecule has 3 N–H and O–H groups in total. The van der Waals surface area contributed by atoms with Gasteiger partial charge in [-0.25, -0.2) is 9.67 Å². The highest BCUT2D eigenvalue weighted by Gasteiger charge is 2.16. The first-order valence-corrected chi connectivity index (χ1v) is 5.76. The number of carbonyl (C=O) groups is 1. The normalized spacial score (nSPS) is 11.1. The molecule has 2 aromatic heterocycles. The highest BCUT2D eigenvalue weighted by Crippen LogP contribution is 2.11. The summed E-state index contributed by atoms with van der Waals surface area (Å²) in [6.45, 7) is 4.91. The maximum Gasteiger partial charge on any atom is 0.175 e. The van der Waals surface area contributed by atoms with Gasteiger partial charge in [0.05, 0.1) is 18.2 Å². The van der Waals surface area contributed by atoms with Crippen LogP contribution in [0.15, 0.2) is 12.5 Å². The third-order valence-corrected chi connectivity index (χ3v) is 2.52. The van der Waals surface area contributed by atoms with Crippen molar-refractivity contribution in [2.75, 3.05) is 5.73 Å². The largest absolute Gasteiger partial charge is 0.383 e. The lowest BCUT2D eigenvalue weighted by Gasteiger charge is -2.07. The van der Waals surface area contributed by atoms with Crippen molar-refractivity contribution in [3.63, 3.8) is 0 Å². The van der Waals surface area contributed by atoms with Crippen LogP contribution in [-0.2, 0) is 13.0 Å². The Kier molecular flexibility index (Phi) is 3.40. The Bertz CT molecular complexity index is 541. The molecule has 0 atom stereocenters. The van der Waals surface area contributed by atoms with Gasteiger partial charge in [-0.15, -0.1) is 0 Å². The standard InChI is InChI=1S/C11H16N6O/c1-7(2)5-17-10(13-6-15-17)3-9(18)8-4-14-16-11(8)12/h4,6-7H,3,5H2,1-2H3,(H3,12,14,16). The summed E-state index contributed by atoms with van der Waals surface area (Å²) < 4.78 is 1.75. The van der Waals surface area contributed by atoms with Crippen LogP contribution in [0.25, 0.3) is 0 Å². The minimum absolute atomic E-state index is 0.112. The maximum atomic E-state index is 12.0. The number of rotatable bonds is 5. The Morgan fingerprint density at radius 2 is 2.33 bits per heavy atom. The SMILES string of the molecule is CC(C)Cn1ncnc1CC(=O)c1cn[nH]c1N. The van der Waals surface area contributed by atoms with Crippen molar-refractivity contribution >= 4 is 11.6 Å². The van der Waals surface area contributed by atoms with Crippen LogP contribution in [0.5, 0.6) is 0 Å². The van der Waals surface area contributed by atoms with Gasteiger partial charge in [-0.3, -0.25) is 9.89 Å². The van der Waals surface area contributed by atoms with Gasteiger partial charge in [-0.05, 0) is 5.92 Å². The van der Waals surface area contributed by atoms with Gasteiger partial charge in [0.15, 0.2) is 5.78 Å². The third kappa shape index (κ3) is 2.55. The molecule has 7 heteroatoms. The van der Waals surface area contributed by atoms with E-state index in [-0.39, 0.29) is 18.0 Å². The lowest BCUT2D eigenvalue weighted by molar-refractivity contribution is 0.0990. The molecule has 18 heavy (non-hydrogen) atoms. The average Bonchev–Trinajstić information content (AvgIpc) is 2.88. The fraction of sp³-hybridized carbons (Fsp3) is 0.455. The zero-order valence-electron chi connectivity index (χ0n) is 10.4. The van der Waals surface area contributed by atoms with Crippen LogP contribution in [0, 0.1) is 5.92 Å². The molecular formula is C11H16N6O. The Hall–Kier alpha value is -2.18. The van der Waals surface area contributed by atoms with E-state index >= 15 is 0 Å². The lowest BCUT2D eigenvalue weighted by atomic mass is 10.1. The van der Waals surface area contributed by atoms with Crippen LogP contribution in [0.3, 0.4) is 0 Å². The molecule has 0 fully saturated rings. The summed E-state index contributed by atoms with van der Waals surface area (Å²) >= 11 is 0. The van der Waals surface area contributed by atoms with Gasteiger partial charge in [0.25, 0.3) is 0 Å². The summed E-state index contributed by atoms with van der Waals surface area (Å²) in [6, 6.07) is 0. The Balaban J connectivity index is 2.13. The van der Waals surface area contributed by atoms with E-state index in [0.717, 1.165) is 6.54 Å². The molecule has 96 valence electrons. The molecule has 0 unspecified atom stereocenters. The van der Waals surface area contributed by atoms with E-state index in [2.05, 4.69) is 34.1 Å². The lowest BCUT2D eigenvalue weighted by Crippen LogP contribution is -2.14. The van der Waals surface area contributed by atoms with Crippen molar-refractivity contribution in [2.24, 2.45) is 5.92 Å². The molecule has 0 bridgehead atoms. The van der Waals surface area contributed by atoms with Gasteiger partial charge in [0.2, 0.25) is 0 Å². The first kappa shape index (κ1) is 12.3. The molecular weight excluding hydrogens is 232 g/mol. The smallest absolute Gasteiger partial charge is 0.175 e. The molecule has 7 nitrogen and oxygen atoms in total. The van der Waals surface area contributed by atoms with E-state index in [9.17, 15) is 4.79 Å². The van der Waals surface area contributed by atoms with Gasteiger partial charge in [0.1, 0.15) is 18.0 Å². The Morgan fingerprint density at radius 3 is 2.94 bits per heavy atom. The van der Waals surface area contributed by atoms with Gasteiger partial charge in [-0.1, -0.05) is 13.8 Å². The number of aromatic nitrogens is 5. The molecule has 0 aromatic carbocycles. The molecule has 0 saturated carbocycles. The molecule has 2 rings (SSSR count). The second kappa shape index (κ2) is 4.99. The summed E-state index contributed by atoms with van der Waals surface area (Å²) in [4.78, 5) is 16.1. The quantitative estimate of drug-likeness (QED) is 0.757. The molecule has 2 heterocycles. The van der Waals surface area contributed by atoms with Crippen LogP contribution >= 0.6 is 0 Å². The summed E-state index contributed by atoms with van der Waals surface area (Å²) in [6.07, 6.45) is 3.07. The second-order valence-corrected chi connectivity index (χ2v) is 4.55.